The van der Waals surface area contributed by atoms with E-state index in [9.17, 15) is 14.4 Å². The lowest BCUT2D eigenvalue weighted by atomic mass is 10.00. The molecule has 1 N–H and O–H groups in total. The fourth-order valence-corrected chi connectivity index (χ4v) is 3.70. The molecule has 36 heavy (non-hydrogen) atoms. The summed E-state index contributed by atoms with van der Waals surface area (Å²) in [6, 6.07) is 7.48. The number of benzene rings is 1. The van der Waals surface area contributed by atoms with E-state index in [0.717, 1.165) is 11.1 Å². The van der Waals surface area contributed by atoms with Gasteiger partial charge in [0.2, 0.25) is 11.7 Å². The molecule has 0 fully saturated rings. The largest absolute Gasteiger partial charge is 0.379 e. The van der Waals surface area contributed by atoms with Gasteiger partial charge in [0.05, 0.1) is 33.0 Å². The zero-order chi connectivity index (χ0) is 26.1. The Morgan fingerprint density at radius 3 is 2.17 bits per heavy atom. The number of carbonyl (C=O) groups is 3. The Morgan fingerprint density at radius 1 is 0.917 bits per heavy atom. The van der Waals surface area contributed by atoms with Crippen molar-refractivity contribution in [3.05, 3.63) is 46.8 Å². The van der Waals surface area contributed by atoms with E-state index in [0.29, 0.717) is 42.6 Å². The number of amides is 3. The number of aryl methyl sites for hydroxylation is 1. The molecule has 1 aliphatic heterocycles. The predicted octanol–water partition coefficient (Wildman–Crippen LogP) is 1.62. The van der Waals surface area contributed by atoms with Gasteiger partial charge in [-0.1, -0.05) is 38.1 Å². The molecule has 0 saturated heterocycles. The first-order valence-electron chi connectivity index (χ1n) is 11.9. The number of imide groups is 1. The Hall–Kier alpha value is -3.57. The smallest absolute Gasteiger partial charge is 0.257 e. The molecule has 0 unspecified atom stereocenters. The van der Waals surface area contributed by atoms with Crippen LogP contribution in [0.25, 0.3) is 11.4 Å². The van der Waals surface area contributed by atoms with Gasteiger partial charge in [-0.25, -0.2) is 0 Å². The van der Waals surface area contributed by atoms with Gasteiger partial charge in [-0.15, -0.1) is 20.4 Å². The number of ether oxygens (including phenoxy) is 2. The minimum Gasteiger partial charge on any atom is -0.379 e. The van der Waals surface area contributed by atoms with Gasteiger partial charge in [0, 0.05) is 29.7 Å². The highest BCUT2D eigenvalue weighted by Crippen LogP contribution is 2.26. The summed E-state index contributed by atoms with van der Waals surface area (Å²) in [6.07, 6.45) is 0.229. The Morgan fingerprint density at radius 2 is 1.56 bits per heavy atom. The van der Waals surface area contributed by atoms with E-state index >= 15 is 0 Å². The minimum absolute atomic E-state index is 0.00762. The second kappa shape index (κ2) is 12.9. The fraction of sp³-hybridized carbons (Fsp3) is 0.480. The third-order valence-corrected chi connectivity index (χ3v) is 5.61. The van der Waals surface area contributed by atoms with Crippen molar-refractivity contribution in [3.63, 3.8) is 0 Å². The first kappa shape index (κ1) is 27.0. The maximum atomic E-state index is 12.4. The molecule has 0 spiro atoms. The lowest BCUT2D eigenvalue weighted by Gasteiger charge is -2.15. The summed E-state index contributed by atoms with van der Waals surface area (Å²) in [5.41, 5.74) is 2.83. The quantitative estimate of drug-likeness (QED) is 0.324. The van der Waals surface area contributed by atoms with Gasteiger partial charge >= 0.3 is 0 Å². The minimum atomic E-state index is -0.250. The van der Waals surface area contributed by atoms with E-state index in [-0.39, 0.29) is 49.8 Å². The van der Waals surface area contributed by atoms with Gasteiger partial charge in [0.15, 0.2) is 5.82 Å². The average Bonchev–Trinajstić information content (AvgIpc) is 3.08. The summed E-state index contributed by atoms with van der Waals surface area (Å²) in [4.78, 5) is 37.9. The molecule has 11 nitrogen and oxygen atoms in total. The molecule has 11 heteroatoms. The molecule has 192 valence electrons. The molecule has 1 aromatic carbocycles. The van der Waals surface area contributed by atoms with Crippen LogP contribution in [0, 0.1) is 12.8 Å². The van der Waals surface area contributed by atoms with Crippen LogP contribution in [0.15, 0.2) is 35.4 Å². The molecular weight excluding hydrogens is 464 g/mol. The summed E-state index contributed by atoms with van der Waals surface area (Å²) >= 11 is 0. The number of nitrogens with zero attached hydrogens (tertiary/aromatic N) is 5. The third-order valence-electron chi connectivity index (χ3n) is 5.61. The summed E-state index contributed by atoms with van der Waals surface area (Å²) in [6.45, 7) is 8.95. The van der Waals surface area contributed by atoms with Gasteiger partial charge in [0.1, 0.15) is 0 Å². The van der Waals surface area contributed by atoms with E-state index in [1.54, 1.807) is 13.8 Å². The van der Waals surface area contributed by atoms with E-state index < -0.39 is 0 Å². The molecule has 1 aromatic heterocycles. The van der Waals surface area contributed by atoms with E-state index in [1.165, 1.54) is 4.90 Å². The number of aromatic nitrogens is 4. The molecule has 1 aliphatic rings. The van der Waals surface area contributed by atoms with Crippen molar-refractivity contribution >= 4 is 17.7 Å². The van der Waals surface area contributed by atoms with E-state index in [2.05, 4.69) is 25.7 Å². The Balaban J connectivity index is 1.24. The van der Waals surface area contributed by atoms with Crippen molar-refractivity contribution in [2.75, 3.05) is 33.0 Å². The maximum absolute atomic E-state index is 12.4. The van der Waals surface area contributed by atoms with Crippen LogP contribution < -0.4 is 5.32 Å². The van der Waals surface area contributed by atoms with E-state index in [4.69, 9.17) is 9.47 Å². The molecule has 2 heterocycles. The molecule has 0 bridgehead atoms. The summed E-state index contributed by atoms with van der Waals surface area (Å²) in [7, 11) is 0. The van der Waals surface area contributed by atoms with Crippen LogP contribution in [-0.2, 0) is 30.4 Å². The van der Waals surface area contributed by atoms with Crippen LogP contribution in [0.5, 0.6) is 0 Å². The van der Waals surface area contributed by atoms with Gasteiger partial charge < -0.3 is 14.8 Å². The van der Waals surface area contributed by atoms with Crippen LogP contribution in [0.2, 0.25) is 0 Å². The van der Waals surface area contributed by atoms with Gasteiger partial charge in [-0.2, -0.15) is 0 Å². The molecule has 0 radical (unpaired) electrons. The molecular formula is C25H32N6O5. The normalized spacial score (nSPS) is 13.8. The van der Waals surface area contributed by atoms with Gasteiger partial charge in [0.25, 0.3) is 11.8 Å². The zero-order valence-electron chi connectivity index (χ0n) is 21.1. The second-order valence-electron chi connectivity index (χ2n) is 8.67. The van der Waals surface area contributed by atoms with Crippen LogP contribution >= 0.6 is 0 Å². The van der Waals surface area contributed by atoms with Crippen LogP contribution in [0.4, 0.5) is 0 Å². The summed E-state index contributed by atoms with van der Waals surface area (Å²) < 4.78 is 10.9. The SMILES string of the molecule is CC1=C(C(C)C)C(=O)N(CCOCCOCCC(=O)NCc2ccc(-c3nnc(C)nn3)cc2)C1=O. The summed E-state index contributed by atoms with van der Waals surface area (Å²) in [5.74, 6) is 0.362. The van der Waals surface area contributed by atoms with Crippen molar-refractivity contribution in [2.45, 2.75) is 40.7 Å². The van der Waals surface area contributed by atoms with Crippen molar-refractivity contribution in [1.82, 2.24) is 30.6 Å². The lowest BCUT2D eigenvalue weighted by molar-refractivity contribution is -0.138. The van der Waals surface area contributed by atoms with Crippen LogP contribution in [-0.4, -0.2) is 76.0 Å². The molecule has 2 aromatic rings. The van der Waals surface area contributed by atoms with Gasteiger partial charge in [-0.3, -0.25) is 19.3 Å². The highest BCUT2D eigenvalue weighted by atomic mass is 16.5. The number of hydrogen-bond acceptors (Lipinski definition) is 9. The van der Waals surface area contributed by atoms with Crippen molar-refractivity contribution in [3.8, 4) is 11.4 Å². The number of carbonyl (C=O) groups excluding carboxylic acids is 3. The Labute approximate surface area is 210 Å². The highest BCUT2D eigenvalue weighted by molar-refractivity contribution is 6.19. The average molecular weight is 497 g/mol. The topological polar surface area (TPSA) is 136 Å². The Bertz CT molecular complexity index is 1100. The fourth-order valence-electron chi connectivity index (χ4n) is 3.70. The molecule has 0 aliphatic carbocycles. The second-order valence-corrected chi connectivity index (χ2v) is 8.67. The Kier molecular flexibility index (Phi) is 9.71. The molecule has 0 atom stereocenters. The molecule has 0 saturated carbocycles. The number of rotatable bonds is 13. The van der Waals surface area contributed by atoms with Gasteiger partial charge in [-0.05, 0) is 25.3 Å². The third kappa shape index (κ3) is 7.22. The van der Waals surface area contributed by atoms with Crippen molar-refractivity contribution in [1.29, 1.82) is 0 Å². The number of hydrogen-bond donors (Lipinski definition) is 1. The van der Waals surface area contributed by atoms with Crippen LogP contribution in [0.3, 0.4) is 0 Å². The van der Waals surface area contributed by atoms with Crippen molar-refractivity contribution < 1.29 is 23.9 Å². The monoisotopic (exact) mass is 496 g/mol. The zero-order valence-corrected chi connectivity index (χ0v) is 21.1. The van der Waals surface area contributed by atoms with Crippen LogP contribution in [0.1, 0.15) is 38.6 Å². The first-order chi connectivity index (χ1) is 17.3. The molecule has 3 rings (SSSR count). The first-order valence-corrected chi connectivity index (χ1v) is 11.9. The summed E-state index contributed by atoms with van der Waals surface area (Å²) in [5, 5.41) is 18.7. The predicted molar refractivity (Wildman–Crippen MR) is 130 cm³/mol. The number of nitrogens with one attached hydrogen (secondary N) is 1. The maximum Gasteiger partial charge on any atom is 0.257 e. The highest BCUT2D eigenvalue weighted by Gasteiger charge is 2.36. The molecule has 3 amide bonds. The lowest BCUT2D eigenvalue weighted by Crippen LogP contribution is -2.35. The standard InChI is InChI=1S/C25H32N6O5/c1-16(2)22-17(3)24(33)31(25(22)34)10-12-36-14-13-35-11-9-21(32)26-15-19-5-7-20(8-6-19)23-29-27-18(4)28-30-23/h5-8,16H,9-15H2,1-4H3,(H,26,32). The van der Waals surface area contributed by atoms with Crippen molar-refractivity contribution in [2.24, 2.45) is 5.92 Å². The van der Waals surface area contributed by atoms with E-state index in [1.807, 2.05) is 38.1 Å².